The molecule has 2 unspecified atom stereocenters. The van der Waals surface area contributed by atoms with Crippen LogP contribution in [0.2, 0.25) is 0 Å². The van der Waals surface area contributed by atoms with Crippen molar-refractivity contribution in [1.82, 2.24) is 30.2 Å². The molecular weight excluding hydrogens is 867 g/mol. The summed E-state index contributed by atoms with van der Waals surface area (Å²) in [7, 11) is -16.4. The van der Waals surface area contributed by atoms with E-state index in [2.05, 4.69) is 53.2 Å². The number of thioether (sulfide) groups is 1. The van der Waals surface area contributed by atoms with Gasteiger partial charge in [-0.15, -0.1) is 0 Å². The number of anilines is 1. The highest BCUT2D eigenvalue weighted by Gasteiger charge is 2.50. The Morgan fingerprint density at radius 3 is 2.42 bits per heavy atom. The van der Waals surface area contributed by atoms with Crippen molar-refractivity contribution in [1.29, 1.82) is 0 Å². The number of imidazole rings is 1. The number of aliphatic hydroxyl groups is 2. The number of nitrogen functional groups attached to an aromatic ring is 1. The Labute approximate surface area is 343 Å². The van der Waals surface area contributed by atoms with Crippen molar-refractivity contribution < 1.29 is 80.5 Å². The number of aliphatic hydroxyl groups excluding tert-OH is 2. The summed E-state index contributed by atoms with van der Waals surface area (Å²) in [4.78, 5) is 87.6. The Balaban J connectivity index is 1.43. The first-order valence-electron chi connectivity index (χ1n) is 18.1. The van der Waals surface area contributed by atoms with E-state index in [0.717, 1.165) is 54.7 Å². The maximum absolute atomic E-state index is 12.7. The second-order valence-corrected chi connectivity index (χ2v) is 19.0. The van der Waals surface area contributed by atoms with E-state index in [1.807, 2.05) is 0 Å². The number of carbonyl (C=O) groups excluding carboxylic acids is 3. The Morgan fingerprint density at radius 1 is 1.03 bits per heavy atom. The number of ether oxygens (including phenoxy) is 1. The van der Waals surface area contributed by atoms with Gasteiger partial charge in [-0.05, 0) is 12.3 Å². The van der Waals surface area contributed by atoms with E-state index < -0.39 is 84.6 Å². The average Bonchev–Trinajstić information content (AvgIpc) is 3.71. The number of carbonyl (C=O) groups is 3. The lowest BCUT2D eigenvalue weighted by Crippen LogP contribution is -2.46. The van der Waals surface area contributed by atoms with Crippen molar-refractivity contribution in [2.24, 2.45) is 5.41 Å². The van der Waals surface area contributed by atoms with E-state index in [9.17, 15) is 57.9 Å². The van der Waals surface area contributed by atoms with E-state index in [-0.39, 0.29) is 47.4 Å². The third-order valence-corrected chi connectivity index (χ3v) is 12.2. The Morgan fingerprint density at radius 2 is 1.73 bits per heavy atom. The molecule has 0 radical (unpaired) electrons. The largest absolute Gasteiger partial charge is 0.481 e. The fraction of sp³-hybridized carbons (Fsp3) is 0.677. The summed E-state index contributed by atoms with van der Waals surface area (Å²) in [6.45, 7) is 2.57. The van der Waals surface area contributed by atoms with Gasteiger partial charge in [0, 0.05) is 37.1 Å². The Hall–Kier alpha value is -2.88. The van der Waals surface area contributed by atoms with Crippen LogP contribution in [0.1, 0.15) is 71.9 Å². The molecule has 0 spiro atoms. The number of hydrogen-bond acceptors (Lipinski definition) is 18. The molecule has 0 aromatic carbocycles. The monoisotopic (exact) mass is 917 g/mol. The molecule has 59 heavy (non-hydrogen) atoms. The van der Waals surface area contributed by atoms with Crippen LogP contribution >= 0.6 is 35.2 Å². The van der Waals surface area contributed by atoms with Crippen LogP contribution in [0.4, 0.5) is 5.82 Å². The van der Waals surface area contributed by atoms with Gasteiger partial charge in [-0.25, -0.2) is 28.6 Å². The van der Waals surface area contributed by atoms with Gasteiger partial charge in [0.25, 0.3) is 5.12 Å². The normalized spacial score (nSPS) is 20.9. The van der Waals surface area contributed by atoms with Crippen molar-refractivity contribution >= 4 is 69.1 Å². The fourth-order valence-corrected chi connectivity index (χ4v) is 8.62. The molecule has 0 bridgehead atoms. The molecular formula is C31H50N7O17P3S. The number of unbranched alkanes of at least 4 members (excludes halogenated alkanes) is 5. The molecule has 1 aliphatic heterocycles. The van der Waals surface area contributed by atoms with Crippen LogP contribution in [-0.4, -0.2) is 123 Å². The van der Waals surface area contributed by atoms with Crippen molar-refractivity contribution in [3.63, 3.8) is 0 Å². The molecule has 24 nitrogen and oxygen atoms in total. The summed E-state index contributed by atoms with van der Waals surface area (Å²) in [5.41, 5.74) is 4.26. The highest BCUT2D eigenvalue weighted by atomic mass is 32.2. The summed E-state index contributed by atoms with van der Waals surface area (Å²) in [6, 6.07) is 0. The van der Waals surface area contributed by atoms with Gasteiger partial charge in [-0.3, -0.25) is 32.5 Å². The number of hydrogen-bond donors (Lipinski definition) is 9. The highest BCUT2D eigenvalue weighted by Crippen LogP contribution is 2.61. The molecule has 1 aliphatic rings. The molecule has 10 N–H and O–H groups in total. The quantitative estimate of drug-likeness (QED) is 0.0403. The second-order valence-electron chi connectivity index (χ2n) is 13.7. The van der Waals surface area contributed by atoms with Crippen LogP contribution in [0.25, 0.3) is 11.2 Å². The molecule has 7 atom stereocenters. The molecule has 2 aromatic heterocycles. The molecule has 332 valence electrons. The average molecular weight is 918 g/mol. The van der Waals surface area contributed by atoms with Crippen LogP contribution in [0.3, 0.4) is 0 Å². The topological polar surface area (TPSA) is 364 Å². The summed E-state index contributed by atoms with van der Waals surface area (Å²) in [5.74, 6) is 4.23. The van der Waals surface area contributed by atoms with Gasteiger partial charge in [-0.1, -0.05) is 64.1 Å². The molecule has 0 aliphatic carbocycles. The van der Waals surface area contributed by atoms with Crippen LogP contribution in [0, 0.1) is 17.3 Å². The predicted molar refractivity (Wildman–Crippen MR) is 208 cm³/mol. The third kappa shape index (κ3) is 16.8. The fourth-order valence-electron chi connectivity index (χ4n) is 5.26. The van der Waals surface area contributed by atoms with E-state index in [1.54, 1.807) is 0 Å². The minimum Gasteiger partial charge on any atom is -0.386 e. The smallest absolute Gasteiger partial charge is 0.386 e. The van der Waals surface area contributed by atoms with E-state index in [0.29, 0.717) is 6.42 Å². The zero-order chi connectivity index (χ0) is 44.0. The second kappa shape index (κ2) is 22.8. The molecule has 2 aromatic rings. The van der Waals surface area contributed by atoms with Crippen LogP contribution in [-0.2, 0) is 50.7 Å². The lowest BCUT2D eigenvalue weighted by atomic mass is 9.87. The number of phosphoric ester groups is 3. The highest BCUT2D eigenvalue weighted by molar-refractivity contribution is 8.14. The first-order valence-corrected chi connectivity index (χ1v) is 23.6. The van der Waals surface area contributed by atoms with Gasteiger partial charge < -0.3 is 50.9 Å². The molecule has 0 saturated carbocycles. The predicted octanol–water partition coefficient (Wildman–Crippen LogP) is 1.03. The lowest BCUT2D eigenvalue weighted by molar-refractivity contribution is -0.137. The van der Waals surface area contributed by atoms with Crippen molar-refractivity contribution in [3.8, 4) is 11.8 Å². The zero-order valence-corrected chi connectivity index (χ0v) is 35.8. The maximum atomic E-state index is 12.7. The Kier molecular flexibility index (Phi) is 19.5. The van der Waals surface area contributed by atoms with Gasteiger partial charge in [0.1, 0.15) is 36.3 Å². The molecule has 28 heteroatoms. The number of nitrogens with one attached hydrogen (secondary N) is 2. The van der Waals surface area contributed by atoms with Crippen LogP contribution in [0.15, 0.2) is 12.7 Å². The van der Waals surface area contributed by atoms with Crippen molar-refractivity contribution in [3.05, 3.63) is 12.7 Å². The molecule has 3 rings (SSSR count). The first kappa shape index (κ1) is 50.5. The SMILES string of the molecule is CCCCCCCC#CC(=O)SCCNC(=O)CCNC(=O)[C@H](O)C(C)(C)COP(=O)(O)OP(=O)(O)OC[C@H]1O[C@@H](n2cnc3c(N)ncnc32)[C@H](O)[C@@H]1OP(=O)(O)O. The minimum absolute atomic E-state index is 0.0298. The molecule has 1 saturated heterocycles. The van der Waals surface area contributed by atoms with E-state index >= 15 is 0 Å². The maximum Gasteiger partial charge on any atom is 0.481 e. The van der Waals surface area contributed by atoms with Crippen LogP contribution < -0.4 is 16.4 Å². The minimum atomic E-state index is -5.57. The van der Waals surface area contributed by atoms with Crippen molar-refractivity contribution in [2.45, 2.75) is 96.4 Å². The lowest BCUT2D eigenvalue weighted by Gasteiger charge is -2.30. The molecule has 1 fully saturated rings. The number of fused-ring (bicyclic) bond motifs is 1. The summed E-state index contributed by atoms with van der Waals surface area (Å²) >= 11 is 0.969. The van der Waals surface area contributed by atoms with Gasteiger partial charge in [-0.2, -0.15) is 4.31 Å². The number of nitrogens with zero attached hydrogens (tertiary/aromatic N) is 4. The summed E-state index contributed by atoms with van der Waals surface area (Å²) in [6.07, 6.45) is -0.815. The van der Waals surface area contributed by atoms with Gasteiger partial charge in [0.05, 0.1) is 19.5 Å². The molecule has 3 heterocycles. The first-order chi connectivity index (χ1) is 27.6. The van der Waals surface area contributed by atoms with Gasteiger partial charge in [0.2, 0.25) is 11.8 Å². The molecule has 2 amide bonds. The van der Waals surface area contributed by atoms with Crippen molar-refractivity contribution in [2.75, 3.05) is 37.8 Å². The number of phosphoric acid groups is 3. The van der Waals surface area contributed by atoms with Gasteiger partial charge in [0.15, 0.2) is 17.7 Å². The third-order valence-electron chi connectivity index (χ3n) is 8.33. The van der Waals surface area contributed by atoms with Gasteiger partial charge >= 0.3 is 23.5 Å². The van der Waals surface area contributed by atoms with Crippen LogP contribution in [0.5, 0.6) is 0 Å². The number of amides is 2. The summed E-state index contributed by atoms with van der Waals surface area (Å²) in [5, 5.41) is 26.1. The number of rotatable bonds is 24. The zero-order valence-electron chi connectivity index (χ0n) is 32.3. The number of aromatic nitrogens is 4. The standard InChI is InChI=1S/C31H50N7O17P3S/c1-4-5-6-7-8-9-10-11-22(40)59-15-14-33-21(39)12-13-34-29(43)26(42)31(2,3)17-52-58(49,50)55-57(47,48)51-16-20-25(54-56(44,45)46)24(41)30(53-20)38-19-37-23-27(32)35-18-36-28(23)38/h18-20,24-26,30,41-42H,4-9,12-17H2,1-3H3,(H,33,39)(H,34,43)(H,47,48)(H,49,50)(H2,32,35,36)(H2,44,45,46)/t20-,24-,25-,26+,30-/m1/s1. The summed E-state index contributed by atoms with van der Waals surface area (Å²) < 4.78 is 62.2. The van der Waals surface area contributed by atoms with E-state index in [4.69, 9.17) is 19.5 Å². The van der Waals surface area contributed by atoms with E-state index in [1.165, 1.54) is 20.3 Å². The number of nitrogens with two attached hydrogens (primary N) is 1. The Bertz CT molecular complexity index is 1960.